The van der Waals surface area contributed by atoms with Gasteiger partial charge in [-0.05, 0) is 64.2 Å². The number of hydrazine groups is 1. The van der Waals surface area contributed by atoms with Gasteiger partial charge >= 0.3 is 0 Å². The van der Waals surface area contributed by atoms with Crippen LogP contribution in [0.2, 0.25) is 0 Å². The second kappa shape index (κ2) is 10.8. The van der Waals surface area contributed by atoms with Gasteiger partial charge in [0.25, 0.3) is 0 Å². The monoisotopic (exact) mass is 317 g/mol. The standard InChI is InChI=1S/C18H31N5/c1-6-9-17(7-2)21-23(5)22(4)18(10-8-13-19-3)16-11-14-20-15-12-16/h6,8-10,13,16,20H,3,7,11-12,14-15H2,1-2,4-5H3/b9-6-,13-8+,18-10-,21-17+. The minimum Gasteiger partial charge on any atom is -0.317 e. The molecule has 1 fully saturated rings. The van der Waals surface area contributed by atoms with Crippen LogP contribution in [0, 0.1) is 5.92 Å². The number of nitrogens with one attached hydrogen (secondary N) is 1. The Balaban J connectivity index is 2.97. The molecule has 1 rings (SSSR count). The van der Waals surface area contributed by atoms with E-state index in [2.05, 4.69) is 48.2 Å². The molecule has 0 aromatic rings. The highest BCUT2D eigenvalue weighted by Gasteiger charge is 2.21. The van der Waals surface area contributed by atoms with Crippen molar-refractivity contribution in [2.75, 3.05) is 27.2 Å². The van der Waals surface area contributed by atoms with Crippen LogP contribution in [-0.4, -0.2) is 49.7 Å². The van der Waals surface area contributed by atoms with Crippen LogP contribution in [0.25, 0.3) is 0 Å². The summed E-state index contributed by atoms with van der Waals surface area (Å²) in [6, 6.07) is 0. The van der Waals surface area contributed by atoms with Crippen LogP contribution in [0.4, 0.5) is 0 Å². The molecular formula is C18H31N5. The van der Waals surface area contributed by atoms with Crippen LogP contribution in [0.1, 0.15) is 33.1 Å². The molecular weight excluding hydrogens is 286 g/mol. The first kappa shape index (κ1) is 19.2. The van der Waals surface area contributed by atoms with Gasteiger partial charge in [0, 0.05) is 31.9 Å². The molecule has 23 heavy (non-hydrogen) atoms. The van der Waals surface area contributed by atoms with E-state index in [1.165, 1.54) is 5.70 Å². The van der Waals surface area contributed by atoms with Gasteiger partial charge in [-0.3, -0.25) is 10.0 Å². The van der Waals surface area contributed by atoms with Gasteiger partial charge in [-0.1, -0.05) is 13.0 Å². The van der Waals surface area contributed by atoms with E-state index in [1.54, 1.807) is 6.20 Å². The number of rotatable bonds is 8. The first-order valence-electron chi connectivity index (χ1n) is 8.34. The van der Waals surface area contributed by atoms with E-state index < -0.39 is 0 Å². The largest absolute Gasteiger partial charge is 0.317 e. The zero-order chi connectivity index (χ0) is 17.1. The number of allylic oxidation sites excluding steroid dienone is 5. The Kier molecular flexibility index (Phi) is 8.98. The van der Waals surface area contributed by atoms with Crippen molar-refractivity contribution in [3.05, 3.63) is 36.2 Å². The zero-order valence-corrected chi connectivity index (χ0v) is 15.0. The SMILES string of the molecule is C=N/C=C/C=C(/C1CCNCC1)N(C)N(C)/N=C(/C=C\C)CC. The lowest BCUT2D eigenvalue weighted by atomic mass is 9.94. The van der Waals surface area contributed by atoms with Crippen molar-refractivity contribution < 1.29 is 0 Å². The summed E-state index contributed by atoms with van der Waals surface area (Å²) in [6.07, 6.45) is 13.1. The summed E-state index contributed by atoms with van der Waals surface area (Å²) >= 11 is 0. The molecule has 0 bridgehead atoms. The van der Waals surface area contributed by atoms with Crippen molar-refractivity contribution >= 4 is 12.4 Å². The molecule has 1 aliphatic heterocycles. The fourth-order valence-electron chi connectivity index (χ4n) is 2.66. The van der Waals surface area contributed by atoms with Crippen molar-refractivity contribution in [3.8, 4) is 0 Å². The summed E-state index contributed by atoms with van der Waals surface area (Å²) in [5.74, 6) is 0.528. The molecule has 128 valence electrons. The third-order valence-electron chi connectivity index (χ3n) is 4.02. The molecule has 5 heteroatoms. The molecule has 0 radical (unpaired) electrons. The summed E-state index contributed by atoms with van der Waals surface area (Å²) in [5, 5.41) is 12.2. The quantitative estimate of drug-likeness (QED) is 0.425. The van der Waals surface area contributed by atoms with E-state index in [9.17, 15) is 0 Å². The number of piperidine rings is 1. The van der Waals surface area contributed by atoms with Crippen LogP contribution >= 0.6 is 0 Å². The molecule has 5 nitrogen and oxygen atoms in total. The van der Waals surface area contributed by atoms with E-state index in [0.717, 1.165) is 38.1 Å². The predicted molar refractivity (Wildman–Crippen MR) is 100 cm³/mol. The van der Waals surface area contributed by atoms with Gasteiger partial charge in [0.2, 0.25) is 0 Å². The average molecular weight is 317 g/mol. The molecule has 0 aliphatic carbocycles. The Morgan fingerprint density at radius 1 is 1.30 bits per heavy atom. The molecule has 0 aromatic carbocycles. The minimum atomic E-state index is 0.528. The fourth-order valence-corrected chi connectivity index (χ4v) is 2.66. The zero-order valence-electron chi connectivity index (χ0n) is 15.0. The summed E-state index contributed by atoms with van der Waals surface area (Å²) in [4.78, 5) is 3.79. The average Bonchev–Trinajstić information content (AvgIpc) is 2.58. The van der Waals surface area contributed by atoms with Gasteiger partial charge in [-0.15, -0.1) is 0 Å². The Morgan fingerprint density at radius 2 is 2.00 bits per heavy atom. The topological polar surface area (TPSA) is 43.2 Å². The van der Waals surface area contributed by atoms with Gasteiger partial charge < -0.3 is 5.32 Å². The van der Waals surface area contributed by atoms with E-state index in [1.807, 2.05) is 31.2 Å². The number of hydrazone groups is 1. The molecule has 0 amide bonds. The van der Waals surface area contributed by atoms with Gasteiger partial charge in [0.1, 0.15) is 0 Å². The maximum Gasteiger partial charge on any atom is 0.0619 e. The first-order chi connectivity index (χ1) is 11.1. The highest BCUT2D eigenvalue weighted by molar-refractivity contribution is 5.94. The van der Waals surface area contributed by atoms with Crippen molar-refractivity contribution in [1.82, 2.24) is 15.4 Å². The van der Waals surface area contributed by atoms with E-state index in [4.69, 9.17) is 5.10 Å². The van der Waals surface area contributed by atoms with Crippen LogP contribution < -0.4 is 5.32 Å². The predicted octanol–water partition coefficient (Wildman–Crippen LogP) is 3.20. The third kappa shape index (κ3) is 6.40. The smallest absolute Gasteiger partial charge is 0.0619 e. The second-order valence-electron chi connectivity index (χ2n) is 5.60. The van der Waals surface area contributed by atoms with Crippen LogP contribution in [0.15, 0.2) is 46.3 Å². The number of hydrogen-bond acceptors (Lipinski definition) is 5. The molecule has 0 atom stereocenters. The molecule has 0 saturated carbocycles. The van der Waals surface area contributed by atoms with Crippen LogP contribution in [-0.2, 0) is 0 Å². The molecule has 0 spiro atoms. The summed E-state index contributed by atoms with van der Waals surface area (Å²) < 4.78 is 0. The summed E-state index contributed by atoms with van der Waals surface area (Å²) in [6.45, 7) is 9.75. The number of hydrogen-bond donors (Lipinski definition) is 1. The van der Waals surface area contributed by atoms with Gasteiger partial charge in [0.15, 0.2) is 0 Å². The Hall–Kier alpha value is -1.88. The Bertz CT molecular complexity index is 470. The van der Waals surface area contributed by atoms with E-state index in [0.29, 0.717) is 5.92 Å². The molecule has 1 heterocycles. The highest BCUT2D eigenvalue weighted by atomic mass is 15.8. The van der Waals surface area contributed by atoms with E-state index >= 15 is 0 Å². The summed E-state index contributed by atoms with van der Waals surface area (Å²) in [7, 11) is 4.05. The third-order valence-corrected chi connectivity index (χ3v) is 4.02. The lowest BCUT2D eigenvalue weighted by molar-refractivity contribution is 0.0519. The van der Waals surface area contributed by atoms with Gasteiger partial charge in [-0.2, -0.15) is 5.10 Å². The summed E-state index contributed by atoms with van der Waals surface area (Å²) in [5.41, 5.74) is 2.32. The van der Waals surface area contributed by atoms with Crippen molar-refractivity contribution in [2.24, 2.45) is 16.0 Å². The lowest BCUT2D eigenvalue weighted by Gasteiger charge is -2.36. The minimum absolute atomic E-state index is 0.528. The molecule has 0 unspecified atom stereocenters. The lowest BCUT2D eigenvalue weighted by Crippen LogP contribution is -2.38. The van der Waals surface area contributed by atoms with Gasteiger partial charge in [-0.25, -0.2) is 5.12 Å². The normalized spacial score (nSPS) is 17.9. The fraction of sp³-hybridized carbons (Fsp3) is 0.556. The highest BCUT2D eigenvalue weighted by Crippen LogP contribution is 2.25. The Labute approximate surface area is 141 Å². The van der Waals surface area contributed by atoms with Crippen molar-refractivity contribution in [2.45, 2.75) is 33.1 Å². The van der Waals surface area contributed by atoms with Gasteiger partial charge in [0.05, 0.1) is 5.71 Å². The number of aliphatic imine (C=N–C) groups is 1. The molecule has 0 aromatic heterocycles. The maximum absolute atomic E-state index is 4.70. The van der Waals surface area contributed by atoms with E-state index in [-0.39, 0.29) is 0 Å². The second-order valence-corrected chi connectivity index (χ2v) is 5.60. The number of nitrogens with zero attached hydrogens (tertiary/aromatic N) is 4. The van der Waals surface area contributed by atoms with Crippen LogP contribution in [0.3, 0.4) is 0 Å². The van der Waals surface area contributed by atoms with Crippen molar-refractivity contribution in [1.29, 1.82) is 0 Å². The molecule has 1 saturated heterocycles. The molecule has 1 N–H and O–H groups in total. The first-order valence-corrected chi connectivity index (χ1v) is 8.34. The molecule has 1 aliphatic rings. The Morgan fingerprint density at radius 3 is 2.57 bits per heavy atom. The van der Waals surface area contributed by atoms with Crippen molar-refractivity contribution in [3.63, 3.8) is 0 Å². The van der Waals surface area contributed by atoms with Crippen LogP contribution in [0.5, 0.6) is 0 Å². The maximum atomic E-state index is 4.70.